The summed E-state index contributed by atoms with van der Waals surface area (Å²) in [6.45, 7) is 0. The van der Waals surface area contributed by atoms with E-state index in [1.54, 1.807) is 0 Å². The molecule has 1 nitrogen and oxygen atoms in total. The van der Waals surface area contributed by atoms with Gasteiger partial charge in [-0.05, 0) is 15.9 Å². The molecule has 0 saturated heterocycles. The molecule has 0 aromatic carbocycles. The third-order valence-electron chi connectivity index (χ3n) is 0.984. The maximum atomic E-state index is 11.6. The molecule has 0 aliphatic rings. The van der Waals surface area contributed by atoms with Crippen LogP contribution in [0, 0.1) is 0 Å². The van der Waals surface area contributed by atoms with Gasteiger partial charge < -0.3 is 0 Å². The molecule has 0 rings (SSSR count). The summed E-state index contributed by atoms with van der Waals surface area (Å²) in [4.78, 5) is 0. The lowest BCUT2D eigenvalue weighted by Gasteiger charge is -2.30. The zero-order valence-corrected chi connectivity index (χ0v) is 6.93. The van der Waals surface area contributed by atoms with Gasteiger partial charge in [0.2, 0.25) is 0 Å². The molecule has 0 heterocycles. The largest absolute Gasteiger partial charge is 0.431 e. The van der Waals surface area contributed by atoms with Crippen molar-refractivity contribution in [1.29, 1.82) is 0 Å². The van der Waals surface area contributed by atoms with Crippen LogP contribution in [0.4, 0.5) is 35.3 Å². The number of hydrogen-bond acceptors (Lipinski definition) is 1. The lowest BCUT2D eigenvalue weighted by atomic mass is 10.3. The standard InChI is InChI=1S/C3BrF8N/c4-1(13(11)12,2(5,6)7)3(8,9)10. The molecule has 0 bridgehead atoms. The van der Waals surface area contributed by atoms with Crippen LogP contribution in [0.2, 0.25) is 0 Å². The van der Waals surface area contributed by atoms with Crippen molar-refractivity contribution in [3.8, 4) is 0 Å². The summed E-state index contributed by atoms with van der Waals surface area (Å²) in [5.74, 6) is 0. The zero-order valence-electron chi connectivity index (χ0n) is 5.35. The molecule has 0 atom stereocenters. The summed E-state index contributed by atoms with van der Waals surface area (Å²) in [6, 6.07) is 0. The molecule has 10 heteroatoms. The van der Waals surface area contributed by atoms with Crippen molar-refractivity contribution in [3.63, 3.8) is 0 Å². The first kappa shape index (κ1) is 12.9. The highest BCUT2D eigenvalue weighted by Crippen LogP contribution is 2.51. The van der Waals surface area contributed by atoms with Crippen LogP contribution in [0.25, 0.3) is 0 Å². The van der Waals surface area contributed by atoms with Gasteiger partial charge in [0.25, 0.3) is 0 Å². The first-order valence-corrected chi connectivity index (χ1v) is 3.18. The fourth-order valence-electron chi connectivity index (χ4n) is 0.352. The number of rotatable bonds is 1. The van der Waals surface area contributed by atoms with Crippen LogP contribution in [0.3, 0.4) is 0 Å². The van der Waals surface area contributed by atoms with E-state index in [2.05, 4.69) is 0 Å². The molecule has 0 spiro atoms. The SMILES string of the molecule is FN(F)C(Br)(C(F)(F)F)C(F)(F)F. The minimum atomic E-state index is -6.17. The third-order valence-corrected chi connectivity index (χ3v) is 2.15. The van der Waals surface area contributed by atoms with Gasteiger partial charge in [0.1, 0.15) is 0 Å². The zero-order chi connectivity index (χ0) is 11.1. The molecular formula is C3BrF8N. The molecule has 80 valence electrons. The van der Waals surface area contributed by atoms with Crippen molar-refractivity contribution in [2.45, 2.75) is 16.8 Å². The molecule has 0 amide bonds. The highest BCUT2D eigenvalue weighted by molar-refractivity contribution is 9.10. The Morgan fingerprint density at radius 1 is 0.769 bits per heavy atom. The lowest BCUT2D eigenvalue weighted by Crippen LogP contribution is -2.58. The van der Waals surface area contributed by atoms with E-state index < -0.39 is 22.1 Å². The number of nitrogens with zero attached hydrogens (tertiary/aromatic N) is 1. The Bertz CT molecular complexity index is 167. The predicted octanol–water partition coefficient (Wildman–Crippen LogP) is 3.27. The third kappa shape index (κ3) is 2.03. The van der Waals surface area contributed by atoms with E-state index in [1.807, 2.05) is 0 Å². The van der Waals surface area contributed by atoms with Crippen LogP contribution < -0.4 is 0 Å². The van der Waals surface area contributed by atoms with E-state index >= 15 is 0 Å². The maximum Gasteiger partial charge on any atom is 0.431 e. The summed E-state index contributed by atoms with van der Waals surface area (Å²) < 4.78 is 86.9. The van der Waals surface area contributed by atoms with Crippen LogP contribution in [0.5, 0.6) is 0 Å². The Balaban J connectivity index is 5.22. The Morgan fingerprint density at radius 2 is 1.00 bits per heavy atom. The van der Waals surface area contributed by atoms with Crippen LogP contribution in [0.15, 0.2) is 0 Å². The first-order chi connectivity index (χ1) is 5.44. The van der Waals surface area contributed by atoms with Gasteiger partial charge in [0.15, 0.2) is 0 Å². The average Bonchev–Trinajstić information content (AvgIpc) is 1.80. The first-order valence-electron chi connectivity index (χ1n) is 2.38. The minimum Gasteiger partial charge on any atom is -0.167 e. The van der Waals surface area contributed by atoms with E-state index in [9.17, 15) is 35.3 Å². The molecule has 0 aromatic rings. The normalized spacial score (nSPS) is 15.2. The molecule has 0 saturated carbocycles. The van der Waals surface area contributed by atoms with Gasteiger partial charge in [0.05, 0.1) is 5.34 Å². The van der Waals surface area contributed by atoms with Crippen molar-refractivity contribution < 1.29 is 35.3 Å². The van der Waals surface area contributed by atoms with Gasteiger partial charge in [-0.3, -0.25) is 0 Å². The Morgan fingerprint density at radius 3 is 1.00 bits per heavy atom. The molecule has 0 radical (unpaired) electrons. The number of halogens is 9. The Hall–Kier alpha value is -0.120. The molecule has 0 fully saturated rings. The fraction of sp³-hybridized carbons (Fsp3) is 1.00. The Kier molecular flexibility index (Phi) is 3.20. The van der Waals surface area contributed by atoms with Crippen molar-refractivity contribution in [3.05, 3.63) is 0 Å². The molecular weight excluding hydrogens is 282 g/mol. The molecule has 13 heavy (non-hydrogen) atoms. The summed E-state index contributed by atoms with van der Waals surface area (Å²) >= 11 is 0.917. The van der Waals surface area contributed by atoms with Crippen LogP contribution in [0.1, 0.15) is 0 Å². The minimum absolute atomic E-state index is 0.917. The summed E-state index contributed by atoms with van der Waals surface area (Å²) in [5, 5.41) is -2.98. The molecule has 0 aliphatic carbocycles. The van der Waals surface area contributed by atoms with Crippen LogP contribution in [-0.2, 0) is 0 Å². The Labute approximate surface area is 74.3 Å². The van der Waals surface area contributed by atoms with Gasteiger partial charge in [-0.2, -0.15) is 26.3 Å². The van der Waals surface area contributed by atoms with E-state index in [1.165, 1.54) is 0 Å². The van der Waals surface area contributed by atoms with Crippen LogP contribution in [-0.4, -0.2) is 22.1 Å². The second-order valence-corrected chi connectivity index (χ2v) is 3.00. The highest BCUT2D eigenvalue weighted by atomic mass is 79.9. The number of hydrogen-bond donors (Lipinski definition) is 0. The van der Waals surface area contributed by atoms with Gasteiger partial charge in [-0.15, -0.1) is 0 Å². The van der Waals surface area contributed by atoms with Gasteiger partial charge in [-0.1, -0.05) is 8.96 Å². The average molecular weight is 282 g/mol. The smallest absolute Gasteiger partial charge is 0.167 e. The van der Waals surface area contributed by atoms with E-state index in [-0.39, 0.29) is 0 Å². The molecule has 0 aliphatic heterocycles. The fourth-order valence-corrected chi connectivity index (χ4v) is 0.352. The highest BCUT2D eigenvalue weighted by Gasteiger charge is 2.75. The number of alkyl halides is 7. The molecule has 0 N–H and O–H groups in total. The van der Waals surface area contributed by atoms with E-state index in [4.69, 9.17) is 0 Å². The topological polar surface area (TPSA) is 3.24 Å². The van der Waals surface area contributed by atoms with Gasteiger partial charge >= 0.3 is 16.8 Å². The predicted molar refractivity (Wildman–Crippen MR) is 27.8 cm³/mol. The van der Waals surface area contributed by atoms with E-state index in [0.29, 0.717) is 0 Å². The van der Waals surface area contributed by atoms with E-state index in [0.717, 1.165) is 15.9 Å². The summed E-state index contributed by atoms with van der Waals surface area (Å²) in [5.41, 5.74) is 0. The second-order valence-electron chi connectivity index (χ2n) is 1.85. The molecule has 0 aromatic heterocycles. The summed E-state index contributed by atoms with van der Waals surface area (Å²) in [7, 11) is 0. The van der Waals surface area contributed by atoms with Gasteiger partial charge in [-0.25, -0.2) is 0 Å². The molecule has 0 unspecified atom stereocenters. The van der Waals surface area contributed by atoms with Crippen molar-refractivity contribution in [2.24, 2.45) is 0 Å². The van der Waals surface area contributed by atoms with Crippen molar-refractivity contribution in [1.82, 2.24) is 5.34 Å². The monoisotopic (exact) mass is 281 g/mol. The quantitative estimate of drug-likeness (QED) is 0.309. The van der Waals surface area contributed by atoms with Crippen molar-refractivity contribution in [2.75, 3.05) is 0 Å². The lowest BCUT2D eigenvalue weighted by molar-refractivity contribution is -0.373. The maximum absolute atomic E-state index is 11.6. The van der Waals surface area contributed by atoms with Gasteiger partial charge in [0, 0.05) is 0 Å². The summed E-state index contributed by atoms with van der Waals surface area (Å²) in [6.07, 6.45) is -12.3. The van der Waals surface area contributed by atoms with Crippen LogP contribution >= 0.6 is 15.9 Å². The van der Waals surface area contributed by atoms with Crippen molar-refractivity contribution >= 4 is 15.9 Å². The second kappa shape index (κ2) is 3.23.